The lowest BCUT2D eigenvalue weighted by atomic mass is 10.1. The van der Waals surface area contributed by atoms with E-state index in [-0.39, 0.29) is 11.7 Å². The van der Waals surface area contributed by atoms with E-state index in [2.05, 4.69) is 26.2 Å². The number of carbonyl (C=O) groups excluding carboxylic acids is 1. The predicted octanol–water partition coefficient (Wildman–Crippen LogP) is 3.26. The molecule has 0 saturated carbocycles. The molecule has 0 saturated heterocycles. The van der Waals surface area contributed by atoms with Gasteiger partial charge in [0.25, 0.3) is 5.91 Å². The van der Waals surface area contributed by atoms with E-state index < -0.39 is 0 Å². The number of rotatable bonds is 4. The van der Waals surface area contributed by atoms with E-state index in [0.29, 0.717) is 23.3 Å². The summed E-state index contributed by atoms with van der Waals surface area (Å²) in [6, 6.07) is 9.85. The Morgan fingerprint density at radius 3 is 2.85 bits per heavy atom. The van der Waals surface area contributed by atoms with E-state index in [1.807, 2.05) is 6.92 Å². The molecule has 0 bridgehead atoms. The molecule has 0 aliphatic carbocycles. The first-order valence-electron chi connectivity index (χ1n) is 6.22. The molecule has 1 aromatic heterocycles. The van der Waals surface area contributed by atoms with Crippen LogP contribution in [0.5, 0.6) is 0 Å². The van der Waals surface area contributed by atoms with Gasteiger partial charge in [0.1, 0.15) is 16.1 Å². The first kappa shape index (κ1) is 14.7. The average molecular weight is 337 g/mol. The second-order valence-corrected chi connectivity index (χ2v) is 5.23. The molecular formula is C15H14BrFN2O. The Morgan fingerprint density at radius 2 is 2.15 bits per heavy atom. The Labute approximate surface area is 125 Å². The van der Waals surface area contributed by atoms with Crippen molar-refractivity contribution in [2.24, 2.45) is 0 Å². The van der Waals surface area contributed by atoms with Crippen LogP contribution in [0, 0.1) is 12.7 Å². The molecule has 0 atom stereocenters. The Morgan fingerprint density at radius 1 is 1.35 bits per heavy atom. The van der Waals surface area contributed by atoms with Crippen molar-refractivity contribution in [1.29, 1.82) is 0 Å². The molecule has 0 fully saturated rings. The highest BCUT2D eigenvalue weighted by atomic mass is 79.9. The summed E-state index contributed by atoms with van der Waals surface area (Å²) in [5.41, 5.74) is 2.28. The zero-order chi connectivity index (χ0) is 14.5. The van der Waals surface area contributed by atoms with Gasteiger partial charge in [0.15, 0.2) is 0 Å². The number of pyridine rings is 1. The van der Waals surface area contributed by atoms with Crippen molar-refractivity contribution in [3.8, 4) is 0 Å². The van der Waals surface area contributed by atoms with Crippen LogP contribution in [0.25, 0.3) is 0 Å². The van der Waals surface area contributed by atoms with Gasteiger partial charge in [-0.05, 0) is 64.7 Å². The molecule has 20 heavy (non-hydrogen) atoms. The third-order valence-electron chi connectivity index (χ3n) is 2.93. The molecule has 104 valence electrons. The van der Waals surface area contributed by atoms with E-state index in [0.717, 1.165) is 11.1 Å². The molecule has 2 aromatic rings. The molecule has 3 nitrogen and oxygen atoms in total. The number of hydrogen-bond acceptors (Lipinski definition) is 2. The van der Waals surface area contributed by atoms with Gasteiger partial charge < -0.3 is 5.32 Å². The summed E-state index contributed by atoms with van der Waals surface area (Å²) in [4.78, 5) is 16.0. The Hall–Kier alpha value is -1.75. The van der Waals surface area contributed by atoms with Crippen LogP contribution in [0.4, 0.5) is 4.39 Å². The molecule has 5 heteroatoms. The van der Waals surface area contributed by atoms with Gasteiger partial charge >= 0.3 is 0 Å². The Balaban J connectivity index is 1.91. The minimum absolute atomic E-state index is 0.217. The number of hydrogen-bond donors (Lipinski definition) is 1. The van der Waals surface area contributed by atoms with E-state index in [1.54, 1.807) is 24.3 Å². The second-order valence-electron chi connectivity index (χ2n) is 4.42. The van der Waals surface area contributed by atoms with Crippen LogP contribution < -0.4 is 5.32 Å². The average Bonchev–Trinajstić information content (AvgIpc) is 2.41. The van der Waals surface area contributed by atoms with E-state index in [9.17, 15) is 9.18 Å². The van der Waals surface area contributed by atoms with Gasteiger partial charge in [0.05, 0.1) is 0 Å². The highest BCUT2D eigenvalue weighted by Gasteiger charge is 2.07. The third-order valence-corrected chi connectivity index (χ3v) is 3.37. The van der Waals surface area contributed by atoms with Crippen LogP contribution >= 0.6 is 15.9 Å². The maximum atomic E-state index is 13.0. The SMILES string of the molecule is Cc1cc(F)ccc1CCNC(=O)c1cccc(Br)n1. The normalized spacial score (nSPS) is 10.3. The summed E-state index contributed by atoms with van der Waals surface area (Å²) in [5, 5.41) is 2.80. The quantitative estimate of drug-likeness (QED) is 0.870. The van der Waals surface area contributed by atoms with Crippen LogP contribution in [0.2, 0.25) is 0 Å². The van der Waals surface area contributed by atoms with Gasteiger partial charge in [0.2, 0.25) is 0 Å². The van der Waals surface area contributed by atoms with Gasteiger partial charge in [0, 0.05) is 6.54 Å². The zero-order valence-electron chi connectivity index (χ0n) is 11.0. The van der Waals surface area contributed by atoms with Gasteiger partial charge in [-0.15, -0.1) is 0 Å². The third kappa shape index (κ3) is 3.87. The fourth-order valence-electron chi connectivity index (χ4n) is 1.88. The van der Waals surface area contributed by atoms with Gasteiger partial charge in [-0.3, -0.25) is 4.79 Å². The molecule has 1 amide bonds. The summed E-state index contributed by atoms with van der Waals surface area (Å²) in [5.74, 6) is -0.459. The number of nitrogens with one attached hydrogen (secondary N) is 1. The summed E-state index contributed by atoms with van der Waals surface area (Å²) in [6.07, 6.45) is 0.659. The Bertz CT molecular complexity index is 631. The maximum Gasteiger partial charge on any atom is 0.269 e. The second kappa shape index (κ2) is 6.61. The van der Waals surface area contributed by atoms with Crippen LogP contribution in [-0.4, -0.2) is 17.4 Å². The molecule has 0 radical (unpaired) electrons. The number of carbonyl (C=O) groups is 1. The minimum atomic E-state index is -0.242. The van der Waals surface area contributed by atoms with Crippen LogP contribution in [0.15, 0.2) is 41.0 Å². The maximum absolute atomic E-state index is 13.0. The number of amides is 1. The van der Waals surface area contributed by atoms with Crippen molar-refractivity contribution in [3.05, 3.63) is 63.6 Å². The van der Waals surface area contributed by atoms with Gasteiger partial charge in [-0.25, -0.2) is 9.37 Å². The fraction of sp³-hybridized carbons (Fsp3) is 0.200. The molecule has 0 spiro atoms. The molecule has 0 unspecified atom stereocenters. The summed E-state index contributed by atoms with van der Waals surface area (Å²) >= 11 is 3.22. The van der Waals surface area contributed by atoms with Crippen molar-refractivity contribution in [2.45, 2.75) is 13.3 Å². The standard InChI is InChI=1S/C15H14BrFN2O/c1-10-9-12(17)6-5-11(10)7-8-18-15(20)13-3-2-4-14(16)19-13/h2-6,9H,7-8H2,1H3,(H,18,20). The van der Waals surface area contributed by atoms with E-state index in [4.69, 9.17) is 0 Å². The molecule has 1 heterocycles. The summed E-state index contributed by atoms with van der Waals surface area (Å²) in [6.45, 7) is 2.34. The molecule has 0 aliphatic heterocycles. The van der Waals surface area contributed by atoms with Crippen LogP contribution in [-0.2, 0) is 6.42 Å². The van der Waals surface area contributed by atoms with Crippen molar-refractivity contribution in [3.63, 3.8) is 0 Å². The molecule has 0 aliphatic rings. The van der Waals surface area contributed by atoms with E-state index >= 15 is 0 Å². The number of halogens is 2. The lowest BCUT2D eigenvalue weighted by Gasteiger charge is -2.07. The summed E-state index contributed by atoms with van der Waals surface area (Å²) < 4.78 is 13.6. The largest absolute Gasteiger partial charge is 0.350 e. The zero-order valence-corrected chi connectivity index (χ0v) is 12.6. The van der Waals surface area contributed by atoms with Crippen LogP contribution in [0.1, 0.15) is 21.6 Å². The molecular weight excluding hydrogens is 323 g/mol. The lowest BCUT2D eigenvalue weighted by Crippen LogP contribution is -2.26. The van der Waals surface area contributed by atoms with Crippen molar-refractivity contribution in [2.75, 3.05) is 6.54 Å². The highest BCUT2D eigenvalue weighted by Crippen LogP contribution is 2.10. The monoisotopic (exact) mass is 336 g/mol. The van der Waals surface area contributed by atoms with Gasteiger partial charge in [-0.2, -0.15) is 0 Å². The van der Waals surface area contributed by atoms with Gasteiger partial charge in [-0.1, -0.05) is 12.1 Å². The van der Waals surface area contributed by atoms with Crippen molar-refractivity contribution >= 4 is 21.8 Å². The minimum Gasteiger partial charge on any atom is -0.350 e. The van der Waals surface area contributed by atoms with Crippen LogP contribution in [0.3, 0.4) is 0 Å². The predicted molar refractivity (Wildman–Crippen MR) is 79.1 cm³/mol. The molecule has 1 aromatic carbocycles. The highest BCUT2D eigenvalue weighted by molar-refractivity contribution is 9.10. The lowest BCUT2D eigenvalue weighted by molar-refractivity contribution is 0.0949. The molecule has 1 N–H and O–H groups in total. The number of aryl methyl sites for hydroxylation is 1. The first-order chi connectivity index (χ1) is 9.56. The van der Waals surface area contributed by atoms with Crippen molar-refractivity contribution in [1.82, 2.24) is 10.3 Å². The number of aromatic nitrogens is 1. The van der Waals surface area contributed by atoms with Crippen molar-refractivity contribution < 1.29 is 9.18 Å². The smallest absolute Gasteiger partial charge is 0.269 e. The Kier molecular flexibility index (Phi) is 4.84. The fourth-order valence-corrected chi connectivity index (χ4v) is 2.22. The number of benzene rings is 1. The van der Waals surface area contributed by atoms with E-state index in [1.165, 1.54) is 12.1 Å². The number of nitrogens with zero attached hydrogens (tertiary/aromatic N) is 1. The molecule has 2 rings (SSSR count). The topological polar surface area (TPSA) is 42.0 Å². The summed E-state index contributed by atoms with van der Waals surface area (Å²) in [7, 11) is 0. The first-order valence-corrected chi connectivity index (χ1v) is 7.01.